The molecule has 0 saturated heterocycles. The number of nitrogens with two attached hydrogens (primary N) is 1. The Hall–Kier alpha value is -2.36. The molecule has 2 aromatic carbocycles. The molecule has 2 aromatic rings. The summed E-state index contributed by atoms with van der Waals surface area (Å²) in [5.41, 5.74) is 7.75. The zero-order valence-electron chi connectivity index (χ0n) is 10.3. The molecule has 0 atom stereocenters. The largest absolute Gasteiger partial charge is 0.507 e. The first-order valence-electron chi connectivity index (χ1n) is 5.46. The van der Waals surface area contributed by atoms with Crippen LogP contribution in [0.1, 0.15) is 0 Å². The number of phenols is 1. The van der Waals surface area contributed by atoms with Crippen LogP contribution in [-0.2, 0) is 0 Å². The Balaban J connectivity index is 2.58. The van der Waals surface area contributed by atoms with E-state index in [4.69, 9.17) is 15.2 Å². The van der Waals surface area contributed by atoms with Gasteiger partial charge in [-0.1, -0.05) is 0 Å². The fraction of sp³-hybridized carbons (Fsp3) is 0.143. The van der Waals surface area contributed by atoms with Crippen LogP contribution in [0.25, 0.3) is 11.1 Å². The summed E-state index contributed by atoms with van der Waals surface area (Å²) in [6.45, 7) is 0. The summed E-state index contributed by atoms with van der Waals surface area (Å²) in [6, 6.07) is 10.3. The smallest absolute Gasteiger partial charge is 0.123 e. The van der Waals surface area contributed by atoms with Gasteiger partial charge in [-0.05, 0) is 35.9 Å². The van der Waals surface area contributed by atoms with Crippen LogP contribution >= 0.6 is 0 Å². The molecule has 0 radical (unpaired) electrons. The molecule has 2 rings (SSSR count). The van der Waals surface area contributed by atoms with Crippen molar-refractivity contribution < 1.29 is 14.6 Å². The highest BCUT2D eigenvalue weighted by Gasteiger charge is 2.08. The number of benzene rings is 2. The van der Waals surface area contributed by atoms with E-state index in [-0.39, 0.29) is 5.75 Å². The second kappa shape index (κ2) is 4.87. The predicted molar refractivity (Wildman–Crippen MR) is 71.1 cm³/mol. The van der Waals surface area contributed by atoms with E-state index in [1.54, 1.807) is 38.5 Å². The molecule has 18 heavy (non-hydrogen) atoms. The summed E-state index contributed by atoms with van der Waals surface area (Å²) in [5, 5.41) is 9.88. The molecule has 0 bridgehead atoms. The molecule has 0 aliphatic carbocycles. The summed E-state index contributed by atoms with van der Waals surface area (Å²) in [7, 11) is 3.16. The van der Waals surface area contributed by atoms with E-state index in [1.807, 2.05) is 12.1 Å². The van der Waals surface area contributed by atoms with E-state index in [9.17, 15) is 5.11 Å². The van der Waals surface area contributed by atoms with Crippen LogP contribution < -0.4 is 15.2 Å². The van der Waals surface area contributed by atoms with Gasteiger partial charge in [-0.2, -0.15) is 0 Å². The Morgan fingerprint density at radius 1 is 0.944 bits per heavy atom. The number of anilines is 1. The fourth-order valence-electron chi connectivity index (χ4n) is 1.75. The van der Waals surface area contributed by atoms with Gasteiger partial charge in [0, 0.05) is 17.3 Å². The molecule has 0 aliphatic heterocycles. The normalized spacial score (nSPS) is 10.1. The Kier molecular flexibility index (Phi) is 3.28. The third-order valence-corrected chi connectivity index (χ3v) is 2.68. The van der Waals surface area contributed by atoms with Gasteiger partial charge in [0.25, 0.3) is 0 Å². The quantitative estimate of drug-likeness (QED) is 0.644. The number of hydrogen-bond acceptors (Lipinski definition) is 4. The summed E-state index contributed by atoms with van der Waals surface area (Å²) >= 11 is 0. The van der Waals surface area contributed by atoms with Crippen molar-refractivity contribution >= 4 is 5.69 Å². The van der Waals surface area contributed by atoms with Crippen LogP contribution in [0.3, 0.4) is 0 Å². The Labute approximate surface area is 106 Å². The lowest BCUT2D eigenvalue weighted by molar-refractivity contribution is 0.394. The van der Waals surface area contributed by atoms with Crippen molar-refractivity contribution in [3.05, 3.63) is 36.4 Å². The van der Waals surface area contributed by atoms with Crippen molar-refractivity contribution in [3.63, 3.8) is 0 Å². The minimum atomic E-state index is 0.166. The molecule has 0 fully saturated rings. The lowest BCUT2D eigenvalue weighted by Gasteiger charge is -2.10. The van der Waals surface area contributed by atoms with Crippen molar-refractivity contribution in [3.8, 4) is 28.4 Å². The van der Waals surface area contributed by atoms with Gasteiger partial charge in [-0.3, -0.25) is 0 Å². The molecular weight excluding hydrogens is 230 g/mol. The first-order valence-corrected chi connectivity index (χ1v) is 5.46. The lowest BCUT2D eigenvalue weighted by atomic mass is 10.0. The van der Waals surface area contributed by atoms with Crippen LogP contribution in [0.15, 0.2) is 36.4 Å². The van der Waals surface area contributed by atoms with E-state index in [0.717, 1.165) is 5.56 Å². The molecule has 0 spiro atoms. The van der Waals surface area contributed by atoms with Crippen molar-refractivity contribution in [2.45, 2.75) is 0 Å². The summed E-state index contributed by atoms with van der Waals surface area (Å²) in [5.74, 6) is 1.48. The highest BCUT2D eigenvalue weighted by atomic mass is 16.5. The number of nitrogen functional groups attached to an aromatic ring is 1. The minimum Gasteiger partial charge on any atom is -0.507 e. The van der Waals surface area contributed by atoms with E-state index in [2.05, 4.69) is 0 Å². The Bertz CT molecular complexity index is 545. The fourth-order valence-corrected chi connectivity index (χ4v) is 1.75. The zero-order valence-corrected chi connectivity index (χ0v) is 10.3. The van der Waals surface area contributed by atoms with Gasteiger partial charge in [0.15, 0.2) is 0 Å². The molecule has 0 saturated carbocycles. The molecule has 3 N–H and O–H groups in total. The maximum Gasteiger partial charge on any atom is 0.123 e. The standard InChI is InChI=1S/C14H15NO3/c1-17-11-5-9(6-12(8-11)18-2)13-7-10(15)3-4-14(13)16/h3-8,16H,15H2,1-2H3. The maximum absolute atomic E-state index is 9.88. The molecule has 0 aliphatic rings. The average molecular weight is 245 g/mol. The highest BCUT2D eigenvalue weighted by molar-refractivity contribution is 5.75. The second-order valence-electron chi connectivity index (χ2n) is 3.88. The van der Waals surface area contributed by atoms with Crippen molar-refractivity contribution in [1.29, 1.82) is 0 Å². The highest BCUT2D eigenvalue weighted by Crippen LogP contribution is 2.35. The number of rotatable bonds is 3. The molecule has 0 heterocycles. The van der Waals surface area contributed by atoms with Gasteiger partial charge >= 0.3 is 0 Å². The zero-order chi connectivity index (χ0) is 13.1. The van der Waals surface area contributed by atoms with Gasteiger partial charge in [0.1, 0.15) is 17.2 Å². The number of aromatic hydroxyl groups is 1. The third-order valence-electron chi connectivity index (χ3n) is 2.68. The van der Waals surface area contributed by atoms with Crippen LogP contribution in [0, 0.1) is 0 Å². The SMILES string of the molecule is COc1cc(OC)cc(-c2cc(N)ccc2O)c1. The lowest BCUT2D eigenvalue weighted by Crippen LogP contribution is -1.90. The van der Waals surface area contributed by atoms with Gasteiger partial charge in [-0.25, -0.2) is 0 Å². The average Bonchev–Trinajstić information content (AvgIpc) is 2.40. The summed E-state index contributed by atoms with van der Waals surface area (Å²) in [6.07, 6.45) is 0. The molecular formula is C14H15NO3. The predicted octanol–water partition coefficient (Wildman–Crippen LogP) is 2.66. The van der Waals surface area contributed by atoms with Crippen molar-refractivity contribution in [2.24, 2.45) is 0 Å². The van der Waals surface area contributed by atoms with Gasteiger partial charge in [0.05, 0.1) is 14.2 Å². The van der Waals surface area contributed by atoms with E-state index in [0.29, 0.717) is 22.7 Å². The Morgan fingerprint density at radius 2 is 1.56 bits per heavy atom. The van der Waals surface area contributed by atoms with Gasteiger partial charge in [-0.15, -0.1) is 0 Å². The Morgan fingerprint density at radius 3 is 2.11 bits per heavy atom. The van der Waals surface area contributed by atoms with Gasteiger partial charge in [0.2, 0.25) is 0 Å². The number of phenolic OH excluding ortho intramolecular Hbond substituents is 1. The number of methoxy groups -OCH3 is 2. The molecule has 0 unspecified atom stereocenters. The van der Waals surface area contributed by atoms with E-state index >= 15 is 0 Å². The maximum atomic E-state index is 9.88. The molecule has 94 valence electrons. The monoisotopic (exact) mass is 245 g/mol. The van der Waals surface area contributed by atoms with Crippen LogP contribution in [0.4, 0.5) is 5.69 Å². The number of hydrogen-bond donors (Lipinski definition) is 2. The first-order chi connectivity index (χ1) is 8.63. The van der Waals surface area contributed by atoms with Crippen molar-refractivity contribution in [1.82, 2.24) is 0 Å². The van der Waals surface area contributed by atoms with Gasteiger partial charge < -0.3 is 20.3 Å². The minimum absolute atomic E-state index is 0.166. The van der Waals surface area contributed by atoms with E-state index < -0.39 is 0 Å². The third kappa shape index (κ3) is 2.32. The second-order valence-corrected chi connectivity index (χ2v) is 3.88. The molecule has 0 aromatic heterocycles. The number of ether oxygens (including phenoxy) is 2. The molecule has 4 heteroatoms. The first kappa shape index (κ1) is 12.1. The van der Waals surface area contributed by atoms with E-state index in [1.165, 1.54) is 0 Å². The van der Waals surface area contributed by atoms with Crippen LogP contribution in [0.5, 0.6) is 17.2 Å². The molecule has 0 amide bonds. The summed E-state index contributed by atoms with van der Waals surface area (Å²) in [4.78, 5) is 0. The topological polar surface area (TPSA) is 64.7 Å². The van der Waals surface area contributed by atoms with Crippen LogP contribution in [-0.4, -0.2) is 19.3 Å². The van der Waals surface area contributed by atoms with Crippen LogP contribution in [0.2, 0.25) is 0 Å². The molecule has 4 nitrogen and oxygen atoms in total. The van der Waals surface area contributed by atoms with Crippen molar-refractivity contribution in [2.75, 3.05) is 20.0 Å². The summed E-state index contributed by atoms with van der Waals surface area (Å²) < 4.78 is 10.4.